The summed E-state index contributed by atoms with van der Waals surface area (Å²) in [7, 11) is 0. The second-order valence-corrected chi connectivity index (χ2v) is 4.36. The quantitative estimate of drug-likeness (QED) is 0.641. The molecule has 0 heteroatoms. The van der Waals surface area contributed by atoms with Crippen molar-refractivity contribution in [1.29, 1.82) is 0 Å². The molecule has 1 aromatic rings. The van der Waals surface area contributed by atoms with Crippen LogP contribution >= 0.6 is 0 Å². The maximum Gasteiger partial charge on any atom is -0.0248 e. The fourth-order valence-electron chi connectivity index (χ4n) is 2.44. The van der Waals surface area contributed by atoms with Gasteiger partial charge in [0.2, 0.25) is 0 Å². The van der Waals surface area contributed by atoms with Gasteiger partial charge in [-0.3, -0.25) is 0 Å². The molecule has 0 heterocycles. The highest BCUT2D eigenvalue weighted by atomic mass is 14.3. The zero-order chi connectivity index (χ0) is 9.10. The van der Waals surface area contributed by atoms with Crippen LogP contribution in [0.15, 0.2) is 30.3 Å². The van der Waals surface area contributed by atoms with Crippen molar-refractivity contribution >= 4 is 0 Å². The summed E-state index contributed by atoms with van der Waals surface area (Å²) in [6.45, 7) is 2.40. The van der Waals surface area contributed by atoms with Crippen molar-refractivity contribution in [2.24, 2.45) is 11.8 Å². The summed E-state index contributed by atoms with van der Waals surface area (Å²) < 4.78 is 0. The molecule has 1 fully saturated rings. The monoisotopic (exact) mass is 174 g/mol. The van der Waals surface area contributed by atoms with Gasteiger partial charge < -0.3 is 0 Å². The first-order valence-corrected chi connectivity index (χ1v) is 5.40. The van der Waals surface area contributed by atoms with Crippen LogP contribution in [0.2, 0.25) is 0 Å². The summed E-state index contributed by atoms with van der Waals surface area (Å²) >= 11 is 0. The number of rotatable bonds is 2. The third kappa shape index (κ3) is 2.12. The van der Waals surface area contributed by atoms with E-state index in [1.54, 1.807) is 0 Å². The Morgan fingerprint density at radius 2 is 1.92 bits per heavy atom. The summed E-state index contributed by atoms with van der Waals surface area (Å²) in [6.07, 6.45) is 5.62. The number of benzene rings is 1. The molecule has 1 aromatic carbocycles. The van der Waals surface area contributed by atoms with E-state index in [0.29, 0.717) is 0 Å². The Labute approximate surface area is 81.0 Å². The highest BCUT2D eigenvalue weighted by Crippen LogP contribution is 2.33. The lowest BCUT2D eigenvalue weighted by Crippen LogP contribution is -2.07. The topological polar surface area (TPSA) is 0 Å². The first-order chi connectivity index (χ1) is 6.36. The highest BCUT2D eigenvalue weighted by Gasteiger charge is 2.22. The minimum absolute atomic E-state index is 0.945. The zero-order valence-electron chi connectivity index (χ0n) is 8.37. The fourth-order valence-corrected chi connectivity index (χ4v) is 2.44. The maximum atomic E-state index is 2.40. The van der Waals surface area contributed by atoms with Gasteiger partial charge in [-0.05, 0) is 30.2 Å². The molecule has 13 heavy (non-hydrogen) atoms. The first-order valence-electron chi connectivity index (χ1n) is 5.40. The molecule has 1 aliphatic rings. The number of hydrogen-bond donors (Lipinski definition) is 0. The fraction of sp³-hybridized carbons (Fsp3) is 0.538. The minimum atomic E-state index is 0.945. The van der Waals surface area contributed by atoms with Gasteiger partial charge in [-0.1, -0.05) is 50.1 Å². The van der Waals surface area contributed by atoms with E-state index in [0.717, 1.165) is 11.8 Å². The van der Waals surface area contributed by atoms with Crippen molar-refractivity contribution in [2.45, 2.75) is 32.6 Å². The Bertz CT molecular complexity index is 250. The van der Waals surface area contributed by atoms with Crippen LogP contribution in [0.5, 0.6) is 0 Å². The predicted molar refractivity (Wildman–Crippen MR) is 56.7 cm³/mol. The molecule has 1 aliphatic carbocycles. The summed E-state index contributed by atoms with van der Waals surface area (Å²) in [6, 6.07) is 10.9. The van der Waals surface area contributed by atoms with Crippen LogP contribution < -0.4 is 0 Å². The van der Waals surface area contributed by atoms with Gasteiger partial charge in [-0.15, -0.1) is 0 Å². The molecule has 0 spiro atoms. The normalized spacial score (nSPS) is 27.8. The Morgan fingerprint density at radius 3 is 2.54 bits per heavy atom. The van der Waals surface area contributed by atoms with E-state index in [2.05, 4.69) is 37.3 Å². The molecule has 1 saturated carbocycles. The van der Waals surface area contributed by atoms with Crippen LogP contribution in [-0.2, 0) is 6.42 Å². The average Bonchev–Trinajstić information content (AvgIpc) is 2.54. The van der Waals surface area contributed by atoms with Gasteiger partial charge in [-0.2, -0.15) is 0 Å². The van der Waals surface area contributed by atoms with Crippen LogP contribution in [0.3, 0.4) is 0 Å². The predicted octanol–water partition coefficient (Wildman–Crippen LogP) is 3.67. The molecule has 0 aliphatic heterocycles. The van der Waals surface area contributed by atoms with Crippen molar-refractivity contribution in [3.63, 3.8) is 0 Å². The smallest absolute Gasteiger partial charge is 0.0248 e. The second-order valence-electron chi connectivity index (χ2n) is 4.36. The van der Waals surface area contributed by atoms with Gasteiger partial charge >= 0.3 is 0 Å². The van der Waals surface area contributed by atoms with Gasteiger partial charge in [0.15, 0.2) is 0 Å². The van der Waals surface area contributed by atoms with E-state index in [1.807, 2.05) is 0 Å². The summed E-state index contributed by atoms with van der Waals surface area (Å²) in [4.78, 5) is 0. The van der Waals surface area contributed by atoms with Gasteiger partial charge in [-0.25, -0.2) is 0 Å². The Balaban J connectivity index is 1.98. The van der Waals surface area contributed by atoms with Crippen molar-refractivity contribution in [1.82, 2.24) is 0 Å². The van der Waals surface area contributed by atoms with Crippen molar-refractivity contribution in [3.8, 4) is 0 Å². The molecule has 2 rings (SSSR count). The molecular formula is C13H18. The van der Waals surface area contributed by atoms with E-state index in [4.69, 9.17) is 0 Å². The third-order valence-corrected chi connectivity index (χ3v) is 3.38. The van der Waals surface area contributed by atoms with Crippen LogP contribution in [0.1, 0.15) is 31.7 Å². The van der Waals surface area contributed by atoms with E-state index < -0.39 is 0 Å². The SMILES string of the molecule is C[C@@H]1CCCC1Cc1ccccc1. The van der Waals surface area contributed by atoms with E-state index in [1.165, 1.54) is 31.2 Å². The van der Waals surface area contributed by atoms with Crippen molar-refractivity contribution in [2.75, 3.05) is 0 Å². The van der Waals surface area contributed by atoms with Gasteiger partial charge in [0.25, 0.3) is 0 Å². The zero-order valence-corrected chi connectivity index (χ0v) is 8.37. The Hall–Kier alpha value is -0.780. The second kappa shape index (κ2) is 3.95. The summed E-state index contributed by atoms with van der Waals surface area (Å²) in [5.41, 5.74) is 1.52. The summed E-state index contributed by atoms with van der Waals surface area (Å²) in [5.74, 6) is 1.89. The lowest BCUT2D eigenvalue weighted by Gasteiger charge is -2.14. The average molecular weight is 174 g/mol. The lowest BCUT2D eigenvalue weighted by atomic mass is 9.91. The van der Waals surface area contributed by atoms with Crippen LogP contribution in [0.4, 0.5) is 0 Å². The molecule has 1 unspecified atom stereocenters. The maximum absolute atomic E-state index is 2.40. The first kappa shape index (κ1) is 8.80. The van der Waals surface area contributed by atoms with Gasteiger partial charge in [0, 0.05) is 0 Å². The van der Waals surface area contributed by atoms with E-state index >= 15 is 0 Å². The Kier molecular flexibility index (Phi) is 2.68. The summed E-state index contributed by atoms with van der Waals surface area (Å²) in [5, 5.41) is 0. The third-order valence-electron chi connectivity index (χ3n) is 3.38. The molecule has 70 valence electrons. The van der Waals surface area contributed by atoms with Crippen molar-refractivity contribution < 1.29 is 0 Å². The molecule has 0 N–H and O–H groups in total. The molecule has 0 radical (unpaired) electrons. The van der Waals surface area contributed by atoms with Crippen LogP contribution in [-0.4, -0.2) is 0 Å². The van der Waals surface area contributed by atoms with Crippen LogP contribution in [0, 0.1) is 11.8 Å². The minimum Gasteiger partial charge on any atom is -0.0622 e. The van der Waals surface area contributed by atoms with E-state index in [-0.39, 0.29) is 0 Å². The molecule has 0 nitrogen and oxygen atoms in total. The lowest BCUT2D eigenvalue weighted by molar-refractivity contribution is 0.417. The molecule has 0 saturated heterocycles. The largest absolute Gasteiger partial charge is 0.0622 e. The van der Waals surface area contributed by atoms with Crippen LogP contribution in [0.25, 0.3) is 0 Å². The van der Waals surface area contributed by atoms with Crippen molar-refractivity contribution in [3.05, 3.63) is 35.9 Å². The van der Waals surface area contributed by atoms with Gasteiger partial charge in [0.05, 0.1) is 0 Å². The Morgan fingerprint density at radius 1 is 1.15 bits per heavy atom. The standard InChI is InChI=1S/C13H18/c1-11-6-5-9-13(11)10-12-7-3-2-4-8-12/h2-4,7-8,11,13H,5-6,9-10H2,1H3/t11-,13?/m1/s1. The molecule has 2 atom stereocenters. The molecular weight excluding hydrogens is 156 g/mol. The molecule has 0 bridgehead atoms. The molecule has 0 aromatic heterocycles. The number of hydrogen-bond acceptors (Lipinski definition) is 0. The van der Waals surface area contributed by atoms with Gasteiger partial charge in [0.1, 0.15) is 0 Å². The van der Waals surface area contributed by atoms with E-state index in [9.17, 15) is 0 Å². The molecule has 0 amide bonds. The highest BCUT2D eigenvalue weighted by molar-refractivity contribution is 5.15.